The van der Waals surface area contributed by atoms with Crippen molar-refractivity contribution in [2.24, 2.45) is 0 Å². The SMILES string of the molecule is [2H]C([2H])(NC(C)C)C([2H])(O)C([2H])([2H])Oc1c(O)ccc2ccccc12. The minimum absolute atomic E-state index is 0.269. The third kappa shape index (κ3) is 3.62. The second kappa shape index (κ2) is 6.59. The summed E-state index contributed by atoms with van der Waals surface area (Å²) in [6, 6.07) is 9.19. The van der Waals surface area contributed by atoms with Crippen LogP contribution < -0.4 is 10.1 Å². The molecule has 0 saturated heterocycles. The van der Waals surface area contributed by atoms with Gasteiger partial charge in [-0.25, -0.2) is 0 Å². The van der Waals surface area contributed by atoms with Crippen molar-refractivity contribution < 1.29 is 21.8 Å². The third-order valence-electron chi connectivity index (χ3n) is 2.59. The van der Waals surface area contributed by atoms with Gasteiger partial charge in [-0.2, -0.15) is 0 Å². The summed E-state index contributed by atoms with van der Waals surface area (Å²) in [7, 11) is 0. The van der Waals surface area contributed by atoms with Crippen molar-refractivity contribution in [1.82, 2.24) is 5.32 Å². The Morgan fingerprint density at radius 3 is 2.80 bits per heavy atom. The monoisotopic (exact) mass is 280 g/mol. The number of aromatic hydroxyl groups is 1. The predicted molar refractivity (Wildman–Crippen MR) is 80.3 cm³/mol. The molecule has 0 aliphatic rings. The van der Waals surface area contributed by atoms with Crippen LogP contribution in [-0.2, 0) is 0 Å². The van der Waals surface area contributed by atoms with Crippen LogP contribution in [-0.4, -0.2) is 35.4 Å². The Morgan fingerprint density at radius 2 is 2.05 bits per heavy atom. The number of aliphatic hydroxyl groups is 1. The van der Waals surface area contributed by atoms with Gasteiger partial charge in [0.25, 0.3) is 0 Å². The average molecular weight is 280 g/mol. The van der Waals surface area contributed by atoms with Gasteiger partial charge in [0.1, 0.15) is 12.6 Å². The summed E-state index contributed by atoms with van der Waals surface area (Å²) >= 11 is 0. The lowest BCUT2D eigenvalue weighted by Gasteiger charge is -2.16. The number of phenolic OH excluding ortho intramolecular Hbond substituents is 1. The van der Waals surface area contributed by atoms with E-state index < -0.39 is 25.2 Å². The first-order valence-corrected chi connectivity index (χ1v) is 6.29. The maximum atomic E-state index is 10.3. The Morgan fingerprint density at radius 1 is 1.30 bits per heavy atom. The molecule has 20 heavy (non-hydrogen) atoms. The highest BCUT2D eigenvalue weighted by molar-refractivity contribution is 5.90. The molecule has 4 heteroatoms. The standard InChI is InChI=1S/C16H21NO3/c1-11(2)17-9-13(18)10-20-16-14-6-4-3-5-12(14)7-8-15(16)19/h3-8,11,13,17-19H,9-10H2,1-2H3/i9D2,10D2,13D. The number of rotatable bonds is 6. The van der Waals surface area contributed by atoms with Crippen LogP contribution in [0.5, 0.6) is 11.5 Å². The Bertz CT molecular complexity index is 765. The molecule has 108 valence electrons. The molecule has 0 aliphatic carbocycles. The van der Waals surface area contributed by atoms with Gasteiger partial charge < -0.3 is 20.3 Å². The van der Waals surface area contributed by atoms with Gasteiger partial charge in [0.15, 0.2) is 11.5 Å². The highest BCUT2D eigenvalue weighted by atomic mass is 16.5. The summed E-state index contributed by atoms with van der Waals surface area (Å²) in [5.74, 6) is -0.648. The Hall–Kier alpha value is -1.78. The van der Waals surface area contributed by atoms with Crippen LogP contribution >= 0.6 is 0 Å². The molecule has 3 N–H and O–H groups in total. The zero-order valence-electron chi connectivity index (χ0n) is 16.3. The normalized spacial score (nSPS) is 19.5. The summed E-state index contributed by atoms with van der Waals surface area (Å²) < 4.78 is 44.6. The topological polar surface area (TPSA) is 61.7 Å². The number of hydrogen-bond acceptors (Lipinski definition) is 4. The number of phenols is 1. The lowest BCUT2D eigenvalue weighted by Crippen LogP contribution is -2.35. The van der Waals surface area contributed by atoms with E-state index in [1.807, 2.05) is 0 Å². The highest BCUT2D eigenvalue weighted by Gasteiger charge is 2.11. The maximum absolute atomic E-state index is 10.3. The van der Waals surface area contributed by atoms with E-state index in [-0.39, 0.29) is 11.5 Å². The van der Waals surface area contributed by atoms with Gasteiger partial charge in [-0.1, -0.05) is 44.2 Å². The molecule has 0 aliphatic heterocycles. The fourth-order valence-electron chi connectivity index (χ4n) is 1.68. The summed E-state index contributed by atoms with van der Waals surface area (Å²) in [5.41, 5.74) is 0. The molecule has 0 saturated carbocycles. The van der Waals surface area contributed by atoms with E-state index in [2.05, 4.69) is 5.32 Å². The van der Waals surface area contributed by atoms with Crippen molar-refractivity contribution in [2.45, 2.75) is 26.0 Å². The van der Waals surface area contributed by atoms with Crippen molar-refractivity contribution >= 4 is 10.8 Å². The number of benzene rings is 2. The fourth-order valence-corrected chi connectivity index (χ4v) is 1.68. The van der Waals surface area contributed by atoms with Crippen molar-refractivity contribution in [3.8, 4) is 11.5 Å². The number of nitrogens with one attached hydrogen (secondary N) is 1. The summed E-state index contributed by atoms with van der Waals surface area (Å²) in [4.78, 5) is 0. The van der Waals surface area contributed by atoms with Gasteiger partial charge >= 0.3 is 0 Å². The average Bonchev–Trinajstić information content (AvgIpc) is 2.48. The van der Waals surface area contributed by atoms with Gasteiger partial charge in [-0.15, -0.1) is 0 Å². The van der Waals surface area contributed by atoms with Crippen LogP contribution in [0.3, 0.4) is 0 Å². The van der Waals surface area contributed by atoms with Crippen molar-refractivity contribution in [1.29, 1.82) is 0 Å². The zero-order valence-corrected chi connectivity index (χ0v) is 11.3. The van der Waals surface area contributed by atoms with E-state index in [1.165, 1.54) is 6.07 Å². The van der Waals surface area contributed by atoms with Crippen LogP contribution in [0.2, 0.25) is 0 Å². The lowest BCUT2D eigenvalue weighted by molar-refractivity contribution is 0.104. The molecule has 1 atom stereocenters. The van der Waals surface area contributed by atoms with Crippen LogP contribution in [0.25, 0.3) is 10.8 Å². The second-order valence-electron chi connectivity index (χ2n) is 4.61. The summed E-state index contributed by atoms with van der Waals surface area (Å²) in [6.45, 7) is -2.79. The third-order valence-corrected chi connectivity index (χ3v) is 2.59. The zero-order chi connectivity index (χ0) is 19.0. The van der Waals surface area contributed by atoms with E-state index in [0.717, 1.165) is 0 Å². The molecule has 2 aromatic carbocycles. The van der Waals surface area contributed by atoms with Crippen LogP contribution in [0.15, 0.2) is 36.4 Å². The quantitative estimate of drug-likeness (QED) is 0.759. The molecule has 0 radical (unpaired) electrons. The van der Waals surface area contributed by atoms with Crippen molar-refractivity contribution in [3.63, 3.8) is 0 Å². The summed E-state index contributed by atoms with van der Waals surface area (Å²) in [5, 5.41) is 23.7. The first-order chi connectivity index (χ1) is 11.4. The van der Waals surface area contributed by atoms with Gasteiger partial charge in [-0.05, 0) is 11.5 Å². The molecule has 2 aromatic rings. The van der Waals surface area contributed by atoms with E-state index in [4.69, 9.17) is 11.6 Å². The molecule has 0 bridgehead atoms. The molecular formula is C16H21NO3. The molecule has 1 unspecified atom stereocenters. The van der Waals surface area contributed by atoms with Gasteiger partial charge in [0.05, 0.1) is 4.11 Å². The van der Waals surface area contributed by atoms with Gasteiger partial charge in [-0.3, -0.25) is 0 Å². The van der Waals surface area contributed by atoms with Crippen LogP contribution in [0, 0.1) is 0 Å². The van der Waals surface area contributed by atoms with E-state index >= 15 is 0 Å². The fraction of sp³-hybridized carbons (Fsp3) is 0.375. The number of ether oxygens (including phenoxy) is 1. The first-order valence-electron chi connectivity index (χ1n) is 8.79. The molecule has 4 nitrogen and oxygen atoms in total. The highest BCUT2D eigenvalue weighted by Crippen LogP contribution is 2.34. The van der Waals surface area contributed by atoms with Gasteiger partial charge in [0, 0.05) is 20.7 Å². The molecule has 0 amide bonds. The Balaban J connectivity index is 2.46. The smallest absolute Gasteiger partial charge is 0.168 e. The minimum Gasteiger partial charge on any atom is -0.504 e. The molecular weight excluding hydrogens is 254 g/mol. The lowest BCUT2D eigenvalue weighted by atomic mass is 10.1. The first kappa shape index (κ1) is 9.21. The number of fused-ring (bicyclic) bond motifs is 1. The summed E-state index contributed by atoms with van der Waals surface area (Å²) in [6.07, 6.45) is -3.30. The largest absolute Gasteiger partial charge is 0.504 e. The molecule has 0 spiro atoms. The molecule has 0 heterocycles. The van der Waals surface area contributed by atoms with Gasteiger partial charge in [0.2, 0.25) is 0 Å². The van der Waals surface area contributed by atoms with E-state index in [9.17, 15) is 10.2 Å². The van der Waals surface area contributed by atoms with Crippen LogP contribution in [0.1, 0.15) is 20.7 Å². The maximum Gasteiger partial charge on any atom is 0.168 e. The van der Waals surface area contributed by atoms with E-state index in [0.29, 0.717) is 10.8 Å². The molecule has 0 fully saturated rings. The van der Waals surface area contributed by atoms with Crippen molar-refractivity contribution in [2.75, 3.05) is 13.1 Å². The number of hydrogen-bond donors (Lipinski definition) is 3. The Kier molecular flexibility index (Phi) is 3.03. The molecule has 2 rings (SSSR count). The van der Waals surface area contributed by atoms with Crippen LogP contribution in [0.4, 0.5) is 0 Å². The Labute approximate surface area is 126 Å². The van der Waals surface area contributed by atoms with Crippen molar-refractivity contribution in [3.05, 3.63) is 36.4 Å². The van der Waals surface area contributed by atoms with E-state index in [1.54, 1.807) is 44.2 Å². The second-order valence-corrected chi connectivity index (χ2v) is 4.61. The minimum atomic E-state index is -3.30. The molecule has 0 aromatic heterocycles. The predicted octanol–water partition coefficient (Wildman–Crippen LogP) is 2.28.